The highest BCUT2D eigenvalue weighted by atomic mass is 35.5. The molecule has 5 nitrogen and oxygen atoms in total. The zero-order valence-electron chi connectivity index (χ0n) is 16.5. The summed E-state index contributed by atoms with van der Waals surface area (Å²) in [5.41, 5.74) is 1.94. The molecule has 0 fully saturated rings. The minimum atomic E-state index is -3.98. The normalized spacial score (nSPS) is 11.2. The zero-order chi connectivity index (χ0) is 21.7. The van der Waals surface area contributed by atoms with Crippen LogP contribution in [0.15, 0.2) is 82.6 Å². The number of thioether (sulfide) groups is 1. The van der Waals surface area contributed by atoms with Crippen molar-refractivity contribution in [1.29, 1.82) is 0 Å². The van der Waals surface area contributed by atoms with Gasteiger partial charge in [0, 0.05) is 9.92 Å². The summed E-state index contributed by atoms with van der Waals surface area (Å²) in [5.74, 6) is -0.435. The molecule has 8 heteroatoms. The third-order valence-corrected chi connectivity index (χ3v) is 7.20. The van der Waals surface area contributed by atoms with Crippen molar-refractivity contribution in [3.8, 4) is 0 Å². The van der Waals surface area contributed by atoms with Gasteiger partial charge in [0.2, 0.25) is 5.91 Å². The summed E-state index contributed by atoms with van der Waals surface area (Å²) in [5, 5.41) is 3.25. The van der Waals surface area contributed by atoms with E-state index in [2.05, 4.69) is 5.32 Å². The van der Waals surface area contributed by atoms with Gasteiger partial charge < -0.3 is 5.32 Å². The van der Waals surface area contributed by atoms with E-state index in [0.717, 1.165) is 14.8 Å². The highest BCUT2D eigenvalue weighted by molar-refractivity contribution is 7.98. The van der Waals surface area contributed by atoms with Gasteiger partial charge >= 0.3 is 0 Å². The Bertz CT molecular complexity index is 1150. The Hall–Kier alpha value is -2.48. The van der Waals surface area contributed by atoms with E-state index in [4.69, 9.17) is 11.6 Å². The second-order valence-corrected chi connectivity index (χ2v) is 9.70. The van der Waals surface area contributed by atoms with Crippen molar-refractivity contribution < 1.29 is 13.2 Å². The third kappa shape index (κ3) is 5.16. The number of rotatable bonds is 7. The number of carbonyl (C=O) groups excluding carboxylic acids is 1. The molecule has 3 aromatic carbocycles. The summed E-state index contributed by atoms with van der Waals surface area (Å²) in [4.78, 5) is 13.8. The van der Waals surface area contributed by atoms with Crippen LogP contribution in [0.1, 0.15) is 5.56 Å². The molecule has 0 heterocycles. The molecular formula is C22H21ClN2O3S2. The largest absolute Gasteiger partial charge is 0.323 e. The first-order valence-corrected chi connectivity index (χ1v) is 12.1. The molecule has 0 aliphatic carbocycles. The first-order chi connectivity index (χ1) is 14.3. The van der Waals surface area contributed by atoms with Gasteiger partial charge in [0.15, 0.2) is 0 Å². The molecule has 0 radical (unpaired) electrons. The molecule has 0 bridgehead atoms. The van der Waals surface area contributed by atoms with Gasteiger partial charge in [-0.05, 0) is 67.3 Å². The van der Waals surface area contributed by atoms with Crippen LogP contribution in [0.2, 0.25) is 5.02 Å². The van der Waals surface area contributed by atoms with E-state index in [1.165, 1.54) is 36.0 Å². The standard InChI is InChI=1S/C22H21ClN2O3S2/c1-16-6-5-7-18(14-16)25(30(27,28)19-12-10-17(23)11-13-19)15-22(26)24-20-8-3-4-9-21(20)29-2/h3-14H,15H2,1-2H3,(H,24,26). The Labute approximate surface area is 186 Å². The maximum atomic E-state index is 13.4. The molecule has 0 aromatic heterocycles. The maximum absolute atomic E-state index is 13.4. The van der Waals surface area contributed by atoms with E-state index in [9.17, 15) is 13.2 Å². The van der Waals surface area contributed by atoms with E-state index in [0.29, 0.717) is 16.4 Å². The number of amides is 1. The molecule has 1 N–H and O–H groups in total. The highest BCUT2D eigenvalue weighted by Crippen LogP contribution is 2.27. The number of anilines is 2. The predicted molar refractivity (Wildman–Crippen MR) is 124 cm³/mol. The summed E-state index contributed by atoms with van der Waals surface area (Å²) >= 11 is 7.41. The number of hydrogen-bond acceptors (Lipinski definition) is 4. The van der Waals surface area contributed by atoms with Crippen molar-refractivity contribution >= 4 is 50.7 Å². The lowest BCUT2D eigenvalue weighted by Gasteiger charge is -2.24. The second kappa shape index (κ2) is 9.55. The lowest BCUT2D eigenvalue weighted by molar-refractivity contribution is -0.114. The average molecular weight is 461 g/mol. The van der Waals surface area contributed by atoms with Crippen LogP contribution >= 0.6 is 23.4 Å². The second-order valence-electron chi connectivity index (χ2n) is 6.55. The quantitative estimate of drug-likeness (QED) is 0.492. The fraction of sp³-hybridized carbons (Fsp3) is 0.136. The molecule has 0 aliphatic rings. The minimum absolute atomic E-state index is 0.0609. The van der Waals surface area contributed by atoms with Crippen LogP contribution in [0, 0.1) is 6.92 Å². The van der Waals surface area contributed by atoms with Gasteiger partial charge in [-0.15, -0.1) is 11.8 Å². The Morgan fingerprint density at radius 2 is 1.73 bits per heavy atom. The highest BCUT2D eigenvalue weighted by Gasteiger charge is 2.27. The first-order valence-electron chi connectivity index (χ1n) is 9.09. The van der Waals surface area contributed by atoms with Crippen molar-refractivity contribution in [2.45, 2.75) is 16.7 Å². The van der Waals surface area contributed by atoms with Gasteiger partial charge in [0.05, 0.1) is 16.3 Å². The van der Waals surface area contributed by atoms with Gasteiger partial charge in [-0.2, -0.15) is 0 Å². The van der Waals surface area contributed by atoms with Gasteiger partial charge in [-0.25, -0.2) is 8.42 Å². The van der Waals surface area contributed by atoms with Gasteiger partial charge in [0.1, 0.15) is 6.54 Å². The van der Waals surface area contributed by atoms with Crippen LogP contribution in [-0.2, 0) is 14.8 Å². The number of benzene rings is 3. The first kappa shape index (κ1) is 22.2. The summed E-state index contributed by atoms with van der Waals surface area (Å²) < 4.78 is 27.8. The molecule has 30 heavy (non-hydrogen) atoms. The average Bonchev–Trinajstić information content (AvgIpc) is 2.72. The number of nitrogens with zero attached hydrogens (tertiary/aromatic N) is 1. The number of nitrogens with one attached hydrogen (secondary N) is 1. The van der Waals surface area contributed by atoms with Gasteiger partial charge in [-0.3, -0.25) is 9.10 Å². The summed E-state index contributed by atoms with van der Waals surface area (Å²) in [6, 6.07) is 20.3. The smallest absolute Gasteiger partial charge is 0.264 e. The number of hydrogen-bond donors (Lipinski definition) is 1. The summed E-state index contributed by atoms with van der Waals surface area (Å²) in [6.07, 6.45) is 1.91. The molecule has 0 spiro atoms. The minimum Gasteiger partial charge on any atom is -0.323 e. The third-order valence-electron chi connectivity index (χ3n) is 4.36. The number of carbonyl (C=O) groups is 1. The van der Waals surface area contributed by atoms with Crippen molar-refractivity contribution in [3.63, 3.8) is 0 Å². The van der Waals surface area contributed by atoms with E-state index >= 15 is 0 Å². The molecular weight excluding hydrogens is 440 g/mol. The monoisotopic (exact) mass is 460 g/mol. The molecule has 3 rings (SSSR count). The molecule has 0 saturated carbocycles. The molecule has 156 valence electrons. The molecule has 0 atom stereocenters. The number of para-hydroxylation sites is 1. The SMILES string of the molecule is CSc1ccccc1NC(=O)CN(c1cccc(C)c1)S(=O)(=O)c1ccc(Cl)cc1. The van der Waals surface area contributed by atoms with Crippen molar-refractivity contribution in [3.05, 3.63) is 83.4 Å². The van der Waals surface area contributed by atoms with E-state index in [1.807, 2.05) is 37.4 Å². The number of halogens is 1. The van der Waals surface area contributed by atoms with E-state index in [1.54, 1.807) is 24.3 Å². The zero-order valence-corrected chi connectivity index (χ0v) is 18.9. The Morgan fingerprint density at radius 3 is 2.40 bits per heavy atom. The fourth-order valence-electron chi connectivity index (χ4n) is 2.90. The Balaban J connectivity index is 1.96. The molecule has 0 saturated heterocycles. The lowest BCUT2D eigenvalue weighted by atomic mass is 10.2. The Kier molecular flexibility index (Phi) is 7.07. The predicted octanol–water partition coefficient (Wildman–Crippen LogP) is 5.20. The van der Waals surface area contributed by atoms with Crippen LogP contribution in [0.3, 0.4) is 0 Å². The van der Waals surface area contributed by atoms with Crippen LogP contribution in [0.5, 0.6) is 0 Å². The number of aryl methyl sites for hydroxylation is 1. The molecule has 3 aromatic rings. The maximum Gasteiger partial charge on any atom is 0.264 e. The molecule has 1 amide bonds. The number of sulfonamides is 1. The summed E-state index contributed by atoms with van der Waals surface area (Å²) in [6.45, 7) is 1.50. The van der Waals surface area contributed by atoms with Crippen LogP contribution in [0.25, 0.3) is 0 Å². The fourth-order valence-corrected chi connectivity index (χ4v) is 4.99. The van der Waals surface area contributed by atoms with Crippen molar-refractivity contribution in [1.82, 2.24) is 0 Å². The van der Waals surface area contributed by atoms with Crippen molar-refractivity contribution in [2.75, 3.05) is 22.4 Å². The van der Waals surface area contributed by atoms with Crippen LogP contribution < -0.4 is 9.62 Å². The van der Waals surface area contributed by atoms with Gasteiger partial charge in [0.25, 0.3) is 10.0 Å². The lowest BCUT2D eigenvalue weighted by Crippen LogP contribution is -2.38. The molecule has 0 aliphatic heterocycles. The Morgan fingerprint density at radius 1 is 1.03 bits per heavy atom. The molecule has 0 unspecified atom stereocenters. The van der Waals surface area contributed by atoms with Gasteiger partial charge in [-0.1, -0.05) is 35.9 Å². The van der Waals surface area contributed by atoms with Crippen LogP contribution in [-0.4, -0.2) is 27.1 Å². The van der Waals surface area contributed by atoms with E-state index in [-0.39, 0.29) is 11.4 Å². The van der Waals surface area contributed by atoms with Crippen molar-refractivity contribution in [2.24, 2.45) is 0 Å². The topological polar surface area (TPSA) is 66.5 Å². The summed E-state index contributed by atoms with van der Waals surface area (Å²) in [7, 11) is -3.98. The van der Waals surface area contributed by atoms with E-state index < -0.39 is 15.9 Å². The van der Waals surface area contributed by atoms with Crippen LogP contribution in [0.4, 0.5) is 11.4 Å².